The number of ether oxygens (including phenoxy) is 1. The fourth-order valence-electron chi connectivity index (χ4n) is 3.03. The molecule has 1 aliphatic carbocycles. The second-order valence-corrected chi connectivity index (χ2v) is 6.19. The van der Waals surface area contributed by atoms with Crippen LogP contribution in [0.3, 0.4) is 0 Å². The predicted molar refractivity (Wildman–Crippen MR) is 87.2 cm³/mol. The van der Waals surface area contributed by atoms with Gasteiger partial charge in [-0.05, 0) is 43.5 Å². The van der Waals surface area contributed by atoms with Crippen molar-refractivity contribution < 1.29 is 19.0 Å². The van der Waals surface area contributed by atoms with Gasteiger partial charge in [-0.25, -0.2) is 14.1 Å². The van der Waals surface area contributed by atoms with E-state index < -0.39 is 6.10 Å². The van der Waals surface area contributed by atoms with E-state index in [-0.39, 0.29) is 30.3 Å². The molecule has 0 radical (unpaired) electrons. The minimum Gasteiger partial charge on any atom is -0.488 e. The molecular formula is C17H21FN4O3. The first-order valence-corrected chi connectivity index (χ1v) is 8.31. The zero-order chi connectivity index (χ0) is 17.6. The fourth-order valence-corrected chi connectivity index (χ4v) is 3.03. The van der Waals surface area contributed by atoms with E-state index >= 15 is 0 Å². The quantitative estimate of drug-likeness (QED) is 0.817. The molecule has 0 unspecified atom stereocenters. The molecule has 134 valence electrons. The van der Waals surface area contributed by atoms with Crippen molar-refractivity contribution in [1.82, 2.24) is 20.1 Å². The van der Waals surface area contributed by atoms with E-state index in [0.29, 0.717) is 12.3 Å². The minimum absolute atomic E-state index is 0.0844. The normalized spacial score (nSPS) is 23.2. The molecule has 1 amide bonds. The summed E-state index contributed by atoms with van der Waals surface area (Å²) in [6.45, 7) is 0.469. The standard InChI is InChI=1S/C17H21FN4O3/c18-13-4-6-14(7-5-13)25-15-3-1-2-12(17(15)24)8-20-16(23)9-22-11-19-10-21-22/h4-7,10-12,15,17,24H,1-3,8-9H2,(H,20,23)/t12-,15-,17-/m1/s1. The Labute approximate surface area is 144 Å². The number of carbonyl (C=O) groups is 1. The number of rotatable bonds is 6. The van der Waals surface area contributed by atoms with Crippen LogP contribution in [0.4, 0.5) is 4.39 Å². The third-order valence-electron chi connectivity index (χ3n) is 4.36. The maximum atomic E-state index is 13.0. The molecule has 0 spiro atoms. The van der Waals surface area contributed by atoms with E-state index in [2.05, 4.69) is 15.4 Å². The zero-order valence-electron chi connectivity index (χ0n) is 13.7. The van der Waals surface area contributed by atoms with E-state index in [1.54, 1.807) is 12.1 Å². The minimum atomic E-state index is -0.689. The van der Waals surface area contributed by atoms with Crippen molar-refractivity contribution in [3.63, 3.8) is 0 Å². The van der Waals surface area contributed by atoms with E-state index in [1.807, 2.05) is 0 Å². The molecule has 1 fully saturated rings. The van der Waals surface area contributed by atoms with Gasteiger partial charge in [0.2, 0.25) is 5.91 Å². The van der Waals surface area contributed by atoms with Crippen molar-refractivity contribution in [2.75, 3.05) is 6.54 Å². The summed E-state index contributed by atoms with van der Waals surface area (Å²) < 4.78 is 20.2. The van der Waals surface area contributed by atoms with Crippen LogP contribution in [-0.2, 0) is 11.3 Å². The summed E-state index contributed by atoms with van der Waals surface area (Å²) in [5, 5.41) is 17.2. The third-order valence-corrected chi connectivity index (χ3v) is 4.36. The maximum absolute atomic E-state index is 13.0. The molecule has 1 aliphatic rings. The van der Waals surface area contributed by atoms with Gasteiger partial charge < -0.3 is 15.2 Å². The molecule has 1 aromatic carbocycles. The lowest BCUT2D eigenvalue weighted by Gasteiger charge is -2.35. The lowest BCUT2D eigenvalue weighted by atomic mass is 9.84. The Balaban J connectivity index is 1.50. The number of halogens is 1. The molecular weight excluding hydrogens is 327 g/mol. The summed E-state index contributed by atoms with van der Waals surface area (Å²) in [4.78, 5) is 15.7. The number of carbonyl (C=O) groups excluding carboxylic acids is 1. The summed E-state index contributed by atoms with van der Waals surface area (Å²) in [5.74, 6) is -0.0657. The molecule has 1 saturated carbocycles. The molecule has 0 bridgehead atoms. The van der Waals surface area contributed by atoms with Crippen LogP contribution in [0, 0.1) is 11.7 Å². The Morgan fingerprint density at radius 1 is 1.36 bits per heavy atom. The molecule has 0 saturated heterocycles. The van der Waals surface area contributed by atoms with Crippen LogP contribution in [0.25, 0.3) is 0 Å². The smallest absolute Gasteiger partial charge is 0.241 e. The maximum Gasteiger partial charge on any atom is 0.241 e. The van der Waals surface area contributed by atoms with Gasteiger partial charge in [-0.2, -0.15) is 5.10 Å². The van der Waals surface area contributed by atoms with Gasteiger partial charge in [0.25, 0.3) is 0 Å². The Bertz CT molecular complexity index is 678. The predicted octanol–water partition coefficient (Wildman–Crippen LogP) is 1.14. The van der Waals surface area contributed by atoms with Crippen LogP contribution < -0.4 is 10.1 Å². The highest BCUT2D eigenvalue weighted by molar-refractivity contribution is 5.75. The molecule has 2 aromatic rings. The molecule has 7 nitrogen and oxygen atoms in total. The molecule has 25 heavy (non-hydrogen) atoms. The van der Waals surface area contributed by atoms with Gasteiger partial charge in [-0.1, -0.05) is 0 Å². The number of aliphatic hydroxyl groups is 1. The van der Waals surface area contributed by atoms with Gasteiger partial charge in [-0.3, -0.25) is 4.79 Å². The number of amides is 1. The average molecular weight is 348 g/mol. The Morgan fingerprint density at radius 3 is 2.88 bits per heavy atom. The van der Waals surface area contributed by atoms with Crippen molar-refractivity contribution in [2.45, 2.75) is 38.0 Å². The Kier molecular flexibility index (Phi) is 5.60. The van der Waals surface area contributed by atoms with Crippen LogP contribution in [0.1, 0.15) is 19.3 Å². The van der Waals surface area contributed by atoms with Crippen LogP contribution in [0.15, 0.2) is 36.9 Å². The first-order chi connectivity index (χ1) is 12.1. The molecule has 8 heteroatoms. The zero-order valence-corrected chi connectivity index (χ0v) is 13.7. The average Bonchev–Trinajstić information content (AvgIpc) is 3.10. The summed E-state index contributed by atoms with van der Waals surface area (Å²) in [7, 11) is 0. The van der Waals surface area contributed by atoms with Crippen LogP contribution in [0.5, 0.6) is 5.75 Å². The monoisotopic (exact) mass is 348 g/mol. The number of nitrogens with zero attached hydrogens (tertiary/aromatic N) is 3. The van der Waals surface area contributed by atoms with Crippen molar-refractivity contribution in [1.29, 1.82) is 0 Å². The van der Waals surface area contributed by atoms with Crippen molar-refractivity contribution in [3.8, 4) is 5.75 Å². The van der Waals surface area contributed by atoms with E-state index in [4.69, 9.17) is 4.74 Å². The van der Waals surface area contributed by atoms with Gasteiger partial charge in [0, 0.05) is 12.5 Å². The number of aromatic nitrogens is 3. The van der Waals surface area contributed by atoms with E-state index in [9.17, 15) is 14.3 Å². The summed E-state index contributed by atoms with van der Waals surface area (Å²) in [5.41, 5.74) is 0. The van der Waals surface area contributed by atoms with Crippen LogP contribution in [-0.4, -0.2) is 44.5 Å². The fraction of sp³-hybridized carbons (Fsp3) is 0.471. The van der Waals surface area contributed by atoms with Crippen molar-refractivity contribution >= 4 is 5.91 Å². The first-order valence-electron chi connectivity index (χ1n) is 8.31. The summed E-state index contributed by atoms with van der Waals surface area (Å²) >= 11 is 0. The van der Waals surface area contributed by atoms with Gasteiger partial charge in [0.15, 0.2) is 0 Å². The third kappa shape index (κ3) is 4.76. The molecule has 0 aliphatic heterocycles. The molecule has 3 rings (SSSR count). The summed E-state index contributed by atoms with van der Waals surface area (Å²) in [6.07, 6.45) is 4.22. The van der Waals surface area contributed by atoms with Gasteiger partial charge >= 0.3 is 0 Å². The van der Waals surface area contributed by atoms with E-state index in [0.717, 1.165) is 19.3 Å². The van der Waals surface area contributed by atoms with Crippen LogP contribution in [0.2, 0.25) is 0 Å². The second kappa shape index (κ2) is 8.06. The Hall–Kier alpha value is -2.48. The lowest BCUT2D eigenvalue weighted by molar-refractivity contribution is -0.122. The highest BCUT2D eigenvalue weighted by atomic mass is 19.1. The van der Waals surface area contributed by atoms with Crippen molar-refractivity contribution in [2.24, 2.45) is 5.92 Å². The molecule has 2 N–H and O–H groups in total. The summed E-state index contributed by atoms with van der Waals surface area (Å²) in [6, 6.07) is 5.75. The molecule has 1 aromatic heterocycles. The van der Waals surface area contributed by atoms with Crippen molar-refractivity contribution in [3.05, 3.63) is 42.7 Å². The highest BCUT2D eigenvalue weighted by Gasteiger charge is 2.33. The number of hydrogen-bond acceptors (Lipinski definition) is 5. The van der Waals surface area contributed by atoms with Gasteiger partial charge in [0.1, 0.15) is 36.9 Å². The number of benzene rings is 1. The highest BCUT2D eigenvalue weighted by Crippen LogP contribution is 2.28. The Morgan fingerprint density at radius 2 is 2.16 bits per heavy atom. The SMILES string of the molecule is O=C(Cn1cncn1)NC[C@H]1CCC[C@@H](Oc2ccc(F)cc2)[C@@H]1O. The van der Waals surface area contributed by atoms with Crippen LogP contribution >= 0.6 is 0 Å². The second-order valence-electron chi connectivity index (χ2n) is 6.19. The molecule has 3 atom stereocenters. The molecule has 1 heterocycles. The number of nitrogens with one attached hydrogen (secondary N) is 1. The number of hydrogen-bond donors (Lipinski definition) is 2. The van der Waals surface area contributed by atoms with Gasteiger partial charge in [0.05, 0.1) is 6.10 Å². The van der Waals surface area contributed by atoms with Gasteiger partial charge in [-0.15, -0.1) is 0 Å². The van der Waals surface area contributed by atoms with E-state index in [1.165, 1.54) is 29.5 Å². The first kappa shape index (κ1) is 17.3. The number of aliphatic hydroxyl groups excluding tert-OH is 1. The topological polar surface area (TPSA) is 89.3 Å². The largest absolute Gasteiger partial charge is 0.488 e. The lowest BCUT2D eigenvalue weighted by Crippen LogP contribution is -2.46.